The summed E-state index contributed by atoms with van der Waals surface area (Å²) in [7, 11) is 0. The van der Waals surface area contributed by atoms with Crippen molar-refractivity contribution in [1.29, 1.82) is 0 Å². The minimum Gasteiger partial charge on any atom is -0.444 e. The number of amides is 1. The van der Waals surface area contributed by atoms with Crippen LogP contribution in [0.1, 0.15) is 37.6 Å². The van der Waals surface area contributed by atoms with Crippen LogP contribution in [-0.4, -0.2) is 57.1 Å². The van der Waals surface area contributed by atoms with E-state index in [-0.39, 0.29) is 36.6 Å². The van der Waals surface area contributed by atoms with E-state index in [1.54, 1.807) is 11.1 Å². The van der Waals surface area contributed by atoms with E-state index in [0.717, 1.165) is 17.5 Å². The number of aliphatic hydroxyl groups excluding tert-OH is 1. The summed E-state index contributed by atoms with van der Waals surface area (Å²) in [4.78, 5) is 17.8. The van der Waals surface area contributed by atoms with Crippen molar-refractivity contribution in [3.05, 3.63) is 29.1 Å². The predicted molar refractivity (Wildman–Crippen MR) is 76.3 cm³/mol. The first kappa shape index (κ1) is 17.2. The average molecular weight is 383 g/mol. The van der Waals surface area contributed by atoms with Gasteiger partial charge in [0.15, 0.2) is 0 Å². The van der Waals surface area contributed by atoms with E-state index in [0.29, 0.717) is 18.8 Å². The van der Waals surface area contributed by atoms with Crippen molar-refractivity contribution in [3.63, 3.8) is 0 Å². The fourth-order valence-electron chi connectivity index (χ4n) is 2.06. The maximum Gasteiger partial charge on any atom is 0.410 e. The van der Waals surface area contributed by atoms with Crippen LogP contribution < -0.4 is 0 Å². The Kier molecular flexibility index (Phi) is 5.82. The summed E-state index contributed by atoms with van der Waals surface area (Å²) in [5, 5.41) is 9.06. The van der Waals surface area contributed by atoms with Crippen molar-refractivity contribution in [3.8, 4) is 0 Å². The topological polar surface area (TPSA) is 62.7 Å². The third-order valence-electron chi connectivity index (χ3n) is 2.97. The summed E-state index contributed by atoms with van der Waals surface area (Å²) in [6.45, 7) is 6.68. The van der Waals surface area contributed by atoms with Gasteiger partial charge in [-0.25, -0.2) is 4.79 Å². The molecule has 0 fully saturated rings. The van der Waals surface area contributed by atoms with Gasteiger partial charge in [0.25, 0.3) is 0 Å². The zero-order valence-electron chi connectivity index (χ0n) is 12.1. The standard InChI is InChI=1S/C14H20N2O3.Sn/c1-14(2,3)19-13(18)16-5-4-10-6-12(9-17)15-7-11(10)8-16;/h6-7,17H,4-5,8-9H2,1-3H3;. The Balaban J connectivity index is 0.00000200. The summed E-state index contributed by atoms with van der Waals surface area (Å²) < 4.78 is 5.36. The molecule has 0 aliphatic carbocycles. The second kappa shape index (κ2) is 6.76. The van der Waals surface area contributed by atoms with Crippen LogP contribution in [0.25, 0.3) is 0 Å². The molecule has 1 aliphatic rings. The number of hydrogen-bond acceptors (Lipinski definition) is 4. The molecule has 0 bridgehead atoms. The SMILES string of the molecule is CC(C)(C)OC(=O)N1CCc2cc(CO)ncc2C1.[Sn]. The molecule has 0 atom stereocenters. The molecule has 2 heterocycles. The average Bonchev–Trinajstić information content (AvgIpc) is 2.35. The van der Waals surface area contributed by atoms with Crippen molar-refractivity contribution < 1.29 is 14.6 Å². The molecule has 20 heavy (non-hydrogen) atoms. The molecule has 1 N–H and O–H groups in total. The van der Waals surface area contributed by atoms with E-state index >= 15 is 0 Å². The first-order valence-electron chi connectivity index (χ1n) is 6.44. The number of ether oxygens (including phenoxy) is 1. The minimum absolute atomic E-state index is 0. The summed E-state index contributed by atoms with van der Waals surface area (Å²) in [5.41, 5.74) is 2.37. The third-order valence-corrected chi connectivity index (χ3v) is 2.97. The molecule has 2 rings (SSSR count). The van der Waals surface area contributed by atoms with Gasteiger partial charge in [0.2, 0.25) is 0 Å². The third kappa shape index (κ3) is 4.34. The zero-order valence-corrected chi connectivity index (χ0v) is 15.0. The first-order chi connectivity index (χ1) is 8.89. The molecule has 0 saturated heterocycles. The number of nitrogens with zero attached hydrogens (tertiary/aromatic N) is 2. The van der Waals surface area contributed by atoms with E-state index in [1.165, 1.54) is 0 Å². The van der Waals surface area contributed by atoms with Gasteiger partial charge in [-0.1, -0.05) is 0 Å². The number of hydrogen-bond donors (Lipinski definition) is 1. The molecule has 108 valence electrons. The van der Waals surface area contributed by atoms with Crippen LogP contribution in [0.2, 0.25) is 0 Å². The Hall–Kier alpha value is -0.821. The Morgan fingerprint density at radius 1 is 1.45 bits per heavy atom. The second-order valence-electron chi connectivity index (χ2n) is 5.75. The zero-order chi connectivity index (χ0) is 14.0. The van der Waals surface area contributed by atoms with E-state index in [1.807, 2.05) is 26.8 Å². The molecule has 0 spiro atoms. The van der Waals surface area contributed by atoms with Crippen LogP contribution in [0, 0.1) is 0 Å². The van der Waals surface area contributed by atoms with Gasteiger partial charge in [0.1, 0.15) is 5.60 Å². The van der Waals surface area contributed by atoms with Gasteiger partial charge < -0.3 is 14.7 Å². The number of rotatable bonds is 1. The molecule has 6 heteroatoms. The Morgan fingerprint density at radius 3 is 2.75 bits per heavy atom. The molecule has 1 aliphatic heterocycles. The first-order valence-corrected chi connectivity index (χ1v) is 6.44. The summed E-state index contributed by atoms with van der Waals surface area (Å²) >= 11 is 0. The van der Waals surface area contributed by atoms with Crippen molar-refractivity contribution >= 4 is 30.0 Å². The molecule has 0 aromatic carbocycles. The van der Waals surface area contributed by atoms with Gasteiger partial charge in [-0.3, -0.25) is 4.98 Å². The molecule has 1 amide bonds. The fraction of sp³-hybridized carbons (Fsp3) is 0.571. The monoisotopic (exact) mass is 384 g/mol. The number of carbonyl (C=O) groups is 1. The number of fused-ring (bicyclic) bond motifs is 1. The van der Waals surface area contributed by atoms with Crippen molar-refractivity contribution in [2.75, 3.05) is 6.54 Å². The Labute approximate surface area is 136 Å². The summed E-state index contributed by atoms with van der Waals surface area (Å²) in [5.74, 6) is 0. The van der Waals surface area contributed by atoms with Gasteiger partial charge in [-0.05, 0) is 44.4 Å². The van der Waals surface area contributed by atoms with Gasteiger partial charge in [0.05, 0.1) is 18.8 Å². The molecule has 4 radical (unpaired) electrons. The van der Waals surface area contributed by atoms with Crippen LogP contribution >= 0.6 is 0 Å². The molecule has 0 saturated carbocycles. The van der Waals surface area contributed by atoms with Crippen LogP contribution in [-0.2, 0) is 24.3 Å². The Bertz CT molecular complexity index is 486. The quantitative estimate of drug-likeness (QED) is 0.747. The van der Waals surface area contributed by atoms with E-state index in [9.17, 15) is 4.79 Å². The molecular weight excluding hydrogens is 363 g/mol. The van der Waals surface area contributed by atoms with Gasteiger partial charge in [-0.15, -0.1) is 0 Å². The number of aliphatic hydroxyl groups is 1. The van der Waals surface area contributed by atoms with Gasteiger partial charge >= 0.3 is 6.09 Å². The van der Waals surface area contributed by atoms with E-state index in [4.69, 9.17) is 9.84 Å². The predicted octanol–water partition coefficient (Wildman–Crippen LogP) is 1.49. The van der Waals surface area contributed by atoms with E-state index in [2.05, 4.69) is 4.98 Å². The minimum atomic E-state index is -0.476. The van der Waals surface area contributed by atoms with Crippen LogP contribution in [0.5, 0.6) is 0 Å². The molecule has 0 unspecified atom stereocenters. The second-order valence-corrected chi connectivity index (χ2v) is 5.75. The molecule has 5 nitrogen and oxygen atoms in total. The largest absolute Gasteiger partial charge is 0.444 e. The van der Waals surface area contributed by atoms with Crippen molar-refractivity contribution in [2.24, 2.45) is 0 Å². The smallest absolute Gasteiger partial charge is 0.410 e. The van der Waals surface area contributed by atoms with Crippen molar-refractivity contribution in [1.82, 2.24) is 9.88 Å². The van der Waals surface area contributed by atoms with E-state index < -0.39 is 5.60 Å². The summed E-state index contributed by atoms with van der Waals surface area (Å²) in [6, 6.07) is 1.90. The van der Waals surface area contributed by atoms with Gasteiger partial charge in [-0.2, -0.15) is 0 Å². The maximum absolute atomic E-state index is 12.0. The maximum atomic E-state index is 12.0. The molecule has 1 aromatic heterocycles. The number of pyridine rings is 1. The number of carbonyl (C=O) groups excluding carboxylic acids is 1. The Morgan fingerprint density at radius 2 is 2.15 bits per heavy atom. The van der Waals surface area contributed by atoms with Gasteiger partial charge in [0, 0.05) is 36.6 Å². The summed E-state index contributed by atoms with van der Waals surface area (Å²) in [6.07, 6.45) is 2.21. The normalized spacial score (nSPS) is 14.3. The van der Waals surface area contributed by atoms with Crippen molar-refractivity contribution in [2.45, 2.75) is 45.9 Å². The number of aromatic nitrogens is 1. The van der Waals surface area contributed by atoms with Crippen LogP contribution in [0.4, 0.5) is 4.79 Å². The molecular formula is C14H20N2O3Sn. The van der Waals surface area contributed by atoms with Crippen LogP contribution in [0.3, 0.4) is 0 Å². The fourth-order valence-corrected chi connectivity index (χ4v) is 2.06. The molecule has 1 aromatic rings. The van der Waals surface area contributed by atoms with Crippen LogP contribution in [0.15, 0.2) is 12.3 Å².